The van der Waals surface area contributed by atoms with Crippen molar-refractivity contribution in [1.82, 2.24) is 9.88 Å². The SMILES string of the molecule is CC1CCN(Cc2cc(C(F)(F)F)c3oc(C(C)C)nc3c2)C1. The average Bonchev–Trinajstić information content (AvgIpc) is 3.03. The number of likely N-dealkylation sites (tertiary alicyclic amines) is 1. The highest BCUT2D eigenvalue weighted by Gasteiger charge is 2.36. The number of nitrogens with zero attached hydrogens (tertiary/aromatic N) is 2. The van der Waals surface area contributed by atoms with E-state index in [-0.39, 0.29) is 11.5 Å². The van der Waals surface area contributed by atoms with Crippen LogP contribution >= 0.6 is 0 Å². The van der Waals surface area contributed by atoms with Crippen molar-refractivity contribution in [1.29, 1.82) is 0 Å². The molecular weight excluding hydrogens is 305 g/mol. The zero-order valence-corrected chi connectivity index (χ0v) is 13.6. The Hall–Kier alpha value is -1.56. The van der Waals surface area contributed by atoms with Gasteiger partial charge >= 0.3 is 6.18 Å². The van der Waals surface area contributed by atoms with Gasteiger partial charge in [-0.25, -0.2) is 4.98 Å². The topological polar surface area (TPSA) is 29.3 Å². The second kappa shape index (κ2) is 5.82. The van der Waals surface area contributed by atoms with Crippen molar-refractivity contribution in [2.24, 2.45) is 5.92 Å². The molecule has 0 spiro atoms. The van der Waals surface area contributed by atoms with Crippen molar-refractivity contribution in [2.45, 2.75) is 45.8 Å². The number of halogens is 3. The molecule has 2 aromatic rings. The predicted octanol–water partition coefficient (Wildman–Crippen LogP) is 4.81. The Morgan fingerprint density at radius 3 is 2.65 bits per heavy atom. The minimum atomic E-state index is -4.44. The normalized spacial score (nSPS) is 20.0. The van der Waals surface area contributed by atoms with Crippen molar-refractivity contribution >= 4 is 11.1 Å². The van der Waals surface area contributed by atoms with Gasteiger partial charge in [0, 0.05) is 19.0 Å². The summed E-state index contributed by atoms with van der Waals surface area (Å²) in [4.78, 5) is 6.44. The molecule has 0 saturated carbocycles. The average molecular weight is 326 g/mol. The second-order valence-corrected chi connectivity index (χ2v) is 6.83. The first-order chi connectivity index (χ1) is 10.7. The van der Waals surface area contributed by atoms with Crippen LogP contribution in [0.5, 0.6) is 0 Å². The van der Waals surface area contributed by atoms with Crippen LogP contribution in [-0.2, 0) is 12.7 Å². The maximum absolute atomic E-state index is 13.4. The minimum Gasteiger partial charge on any atom is -0.440 e. The molecule has 1 aliphatic heterocycles. The third kappa shape index (κ3) is 3.37. The van der Waals surface area contributed by atoms with Gasteiger partial charge < -0.3 is 4.42 Å². The Balaban J connectivity index is 2.02. The lowest BCUT2D eigenvalue weighted by Crippen LogP contribution is -2.20. The summed E-state index contributed by atoms with van der Waals surface area (Å²) in [6, 6.07) is 2.93. The molecule has 2 heterocycles. The van der Waals surface area contributed by atoms with Gasteiger partial charge in [-0.15, -0.1) is 0 Å². The number of fused-ring (bicyclic) bond motifs is 1. The van der Waals surface area contributed by atoms with Crippen LogP contribution in [0, 0.1) is 5.92 Å². The first-order valence-corrected chi connectivity index (χ1v) is 7.97. The molecule has 126 valence electrons. The van der Waals surface area contributed by atoms with E-state index in [1.807, 2.05) is 13.8 Å². The standard InChI is InChI=1S/C17H21F3N2O/c1-10(2)16-21-14-7-12(9-22-5-4-11(3)8-22)6-13(15(14)23-16)17(18,19)20/h6-7,10-11H,4-5,8-9H2,1-3H3. The minimum absolute atomic E-state index is 0.0497. The summed E-state index contributed by atoms with van der Waals surface area (Å²) in [6.45, 7) is 8.24. The van der Waals surface area contributed by atoms with E-state index in [0.29, 0.717) is 29.4 Å². The van der Waals surface area contributed by atoms with Gasteiger partial charge in [-0.2, -0.15) is 13.2 Å². The van der Waals surface area contributed by atoms with Crippen molar-refractivity contribution in [3.63, 3.8) is 0 Å². The Kier molecular flexibility index (Phi) is 4.12. The molecule has 1 aromatic carbocycles. The molecule has 1 saturated heterocycles. The molecule has 1 aromatic heterocycles. The molecule has 0 amide bonds. The molecular formula is C17H21F3N2O. The third-order valence-corrected chi connectivity index (χ3v) is 4.28. The number of hydrogen-bond donors (Lipinski definition) is 0. The maximum atomic E-state index is 13.4. The van der Waals surface area contributed by atoms with Crippen LogP contribution in [0.4, 0.5) is 13.2 Å². The van der Waals surface area contributed by atoms with Gasteiger partial charge in [0.15, 0.2) is 11.5 Å². The number of oxazole rings is 1. The monoisotopic (exact) mass is 326 g/mol. The summed E-state index contributed by atoms with van der Waals surface area (Å²) < 4.78 is 45.5. The molecule has 23 heavy (non-hydrogen) atoms. The van der Waals surface area contributed by atoms with E-state index in [1.165, 1.54) is 6.07 Å². The lowest BCUT2D eigenvalue weighted by atomic mass is 10.1. The maximum Gasteiger partial charge on any atom is 0.420 e. The lowest BCUT2D eigenvalue weighted by Gasteiger charge is -2.16. The lowest BCUT2D eigenvalue weighted by molar-refractivity contribution is -0.136. The highest BCUT2D eigenvalue weighted by molar-refractivity contribution is 5.78. The smallest absolute Gasteiger partial charge is 0.420 e. The molecule has 3 rings (SSSR count). The van der Waals surface area contributed by atoms with E-state index in [4.69, 9.17) is 4.42 Å². The van der Waals surface area contributed by atoms with Gasteiger partial charge in [0.1, 0.15) is 11.1 Å². The molecule has 1 fully saturated rings. The first kappa shape index (κ1) is 16.3. The number of benzene rings is 1. The van der Waals surface area contributed by atoms with E-state index in [9.17, 15) is 13.2 Å². The predicted molar refractivity (Wildman–Crippen MR) is 82.2 cm³/mol. The molecule has 0 bridgehead atoms. The quantitative estimate of drug-likeness (QED) is 0.810. The second-order valence-electron chi connectivity index (χ2n) is 6.83. The van der Waals surface area contributed by atoms with Crippen molar-refractivity contribution in [3.05, 3.63) is 29.2 Å². The van der Waals surface area contributed by atoms with Gasteiger partial charge in [-0.3, -0.25) is 4.90 Å². The fraction of sp³-hybridized carbons (Fsp3) is 0.588. The van der Waals surface area contributed by atoms with Crippen LogP contribution in [0.2, 0.25) is 0 Å². The molecule has 0 radical (unpaired) electrons. The molecule has 0 aliphatic carbocycles. The third-order valence-electron chi connectivity index (χ3n) is 4.28. The molecule has 1 atom stereocenters. The van der Waals surface area contributed by atoms with E-state index in [1.54, 1.807) is 6.07 Å². The van der Waals surface area contributed by atoms with E-state index >= 15 is 0 Å². The van der Waals surface area contributed by atoms with Gasteiger partial charge in [0.2, 0.25) is 0 Å². The summed E-state index contributed by atoms with van der Waals surface area (Å²) in [6.07, 6.45) is -3.35. The van der Waals surface area contributed by atoms with Gasteiger partial charge in [0.25, 0.3) is 0 Å². The van der Waals surface area contributed by atoms with Crippen LogP contribution < -0.4 is 0 Å². The Morgan fingerprint density at radius 2 is 2.09 bits per heavy atom. The molecule has 1 unspecified atom stereocenters. The van der Waals surface area contributed by atoms with Crippen molar-refractivity contribution in [2.75, 3.05) is 13.1 Å². The van der Waals surface area contributed by atoms with E-state index in [2.05, 4.69) is 16.8 Å². The summed E-state index contributed by atoms with van der Waals surface area (Å²) in [5, 5.41) is 0. The fourth-order valence-electron chi connectivity index (χ4n) is 3.09. The Bertz CT molecular complexity index is 706. The molecule has 6 heteroatoms. The van der Waals surface area contributed by atoms with Crippen LogP contribution in [0.15, 0.2) is 16.5 Å². The summed E-state index contributed by atoms with van der Waals surface area (Å²) >= 11 is 0. The summed E-state index contributed by atoms with van der Waals surface area (Å²) in [5.41, 5.74) is 0.0599. The van der Waals surface area contributed by atoms with E-state index in [0.717, 1.165) is 19.5 Å². The largest absolute Gasteiger partial charge is 0.440 e. The van der Waals surface area contributed by atoms with Crippen LogP contribution in [0.3, 0.4) is 0 Å². The van der Waals surface area contributed by atoms with Crippen LogP contribution in [0.1, 0.15) is 50.1 Å². The summed E-state index contributed by atoms with van der Waals surface area (Å²) in [5.74, 6) is 0.893. The van der Waals surface area contributed by atoms with Gasteiger partial charge in [-0.05, 0) is 36.6 Å². The van der Waals surface area contributed by atoms with Crippen LogP contribution in [0.25, 0.3) is 11.1 Å². The number of alkyl halides is 3. The van der Waals surface area contributed by atoms with E-state index < -0.39 is 11.7 Å². The Labute approximate surface area is 133 Å². The van der Waals surface area contributed by atoms with Crippen molar-refractivity contribution < 1.29 is 17.6 Å². The number of aromatic nitrogens is 1. The summed E-state index contributed by atoms with van der Waals surface area (Å²) in [7, 11) is 0. The fourth-order valence-corrected chi connectivity index (χ4v) is 3.09. The number of rotatable bonds is 3. The molecule has 0 N–H and O–H groups in total. The van der Waals surface area contributed by atoms with Gasteiger partial charge in [-0.1, -0.05) is 20.8 Å². The highest BCUT2D eigenvalue weighted by atomic mass is 19.4. The Morgan fingerprint density at radius 1 is 1.35 bits per heavy atom. The van der Waals surface area contributed by atoms with Crippen LogP contribution in [-0.4, -0.2) is 23.0 Å². The highest BCUT2D eigenvalue weighted by Crippen LogP contribution is 2.37. The molecule has 1 aliphatic rings. The van der Waals surface area contributed by atoms with Crippen molar-refractivity contribution in [3.8, 4) is 0 Å². The van der Waals surface area contributed by atoms with Gasteiger partial charge in [0.05, 0.1) is 0 Å². The zero-order chi connectivity index (χ0) is 16.8. The number of hydrogen-bond acceptors (Lipinski definition) is 3. The first-order valence-electron chi connectivity index (χ1n) is 7.97. The molecule has 3 nitrogen and oxygen atoms in total. The zero-order valence-electron chi connectivity index (χ0n) is 13.6.